The average Bonchev–Trinajstić information content (AvgIpc) is 2.83. The molecule has 1 saturated heterocycles. The second kappa shape index (κ2) is 9.00. The average molecular weight is 528 g/mol. The molecule has 34 heavy (non-hydrogen) atoms. The van der Waals surface area contributed by atoms with Crippen LogP contribution in [0, 0.1) is 11.6 Å². The highest BCUT2D eigenvalue weighted by Gasteiger charge is 2.47. The van der Waals surface area contributed by atoms with Gasteiger partial charge in [-0.1, -0.05) is 22.0 Å². The van der Waals surface area contributed by atoms with E-state index in [1.165, 1.54) is 6.07 Å². The highest BCUT2D eigenvalue weighted by molar-refractivity contribution is 9.10. The number of anilines is 2. The Kier molecular flexibility index (Phi) is 6.04. The molecule has 5 nitrogen and oxygen atoms in total. The summed E-state index contributed by atoms with van der Waals surface area (Å²) < 4.78 is 33.2. The minimum absolute atomic E-state index is 0.0551. The van der Waals surface area contributed by atoms with Crippen molar-refractivity contribution >= 4 is 33.2 Å². The predicted octanol–water partition coefficient (Wildman–Crippen LogP) is 5.80. The summed E-state index contributed by atoms with van der Waals surface area (Å²) in [4.78, 5) is 17.8. The fraction of sp³-hybridized carbons (Fsp3) is 0.269. The topological polar surface area (TPSA) is 44.8 Å². The first kappa shape index (κ1) is 22.8. The molecule has 0 radical (unpaired) electrons. The fourth-order valence-electron chi connectivity index (χ4n) is 4.85. The van der Waals surface area contributed by atoms with Crippen molar-refractivity contribution in [3.05, 3.63) is 87.9 Å². The van der Waals surface area contributed by atoms with Gasteiger partial charge < -0.3 is 10.1 Å². The Morgan fingerprint density at radius 3 is 2.41 bits per heavy atom. The molecule has 176 valence electrons. The van der Waals surface area contributed by atoms with Gasteiger partial charge >= 0.3 is 0 Å². The van der Waals surface area contributed by atoms with Gasteiger partial charge in [0.15, 0.2) is 11.6 Å². The maximum Gasteiger partial charge on any atom is 0.262 e. The molecule has 2 aliphatic heterocycles. The number of halogens is 3. The van der Waals surface area contributed by atoms with E-state index >= 15 is 0 Å². The van der Waals surface area contributed by atoms with Crippen molar-refractivity contribution in [1.29, 1.82) is 0 Å². The minimum atomic E-state index is -0.841. The molecule has 0 unspecified atom stereocenters. The molecule has 1 amide bonds. The molecule has 2 aliphatic rings. The van der Waals surface area contributed by atoms with Gasteiger partial charge in [-0.2, -0.15) is 0 Å². The molecular formula is C26H24BrF2N3O2. The molecule has 2 heterocycles. The Balaban J connectivity index is 1.44. The van der Waals surface area contributed by atoms with Crippen LogP contribution >= 0.6 is 15.9 Å². The number of rotatable bonds is 4. The second-order valence-electron chi connectivity index (χ2n) is 8.71. The van der Waals surface area contributed by atoms with Gasteiger partial charge in [0, 0.05) is 48.3 Å². The molecule has 0 aromatic heterocycles. The number of ether oxygens (including phenoxy) is 1. The number of carbonyl (C=O) groups is 1. The van der Waals surface area contributed by atoms with Crippen LogP contribution in [0.2, 0.25) is 0 Å². The maximum atomic E-state index is 13.7. The van der Waals surface area contributed by atoms with E-state index in [4.69, 9.17) is 4.74 Å². The smallest absolute Gasteiger partial charge is 0.262 e. The zero-order valence-electron chi connectivity index (χ0n) is 18.7. The quantitative estimate of drug-likeness (QED) is 0.465. The summed E-state index contributed by atoms with van der Waals surface area (Å²) >= 11 is 3.51. The number of hydrogen-bond donors (Lipinski definition) is 1. The lowest BCUT2D eigenvalue weighted by atomic mass is 9.89. The molecular weight excluding hydrogens is 504 g/mol. The van der Waals surface area contributed by atoms with E-state index in [0.717, 1.165) is 33.2 Å². The third kappa shape index (κ3) is 4.16. The van der Waals surface area contributed by atoms with Crippen LogP contribution in [-0.2, 0) is 6.54 Å². The van der Waals surface area contributed by atoms with Gasteiger partial charge in [0.2, 0.25) is 0 Å². The fourth-order valence-corrected chi connectivity index (χ4v) is 5.21. The van der Waals surface area contributed by atoms with Crippen molar-refractivity contribution in [3.63, 3.8) is 0 Å². The van der Waals surface area contributed by atoms with Crippen LogP contribution in [0.5, 0.6) is 5.75 Å². The summed E-state index contributed by atoms with van der Waals surface area (Å²) in [6, 6.07) is 17.2. The molecule has 3 aromatic carbocycles. The molecule has 0 aliphatic carbocycles. The predicted molar refractivity (Wildman–Crippen MR) is 131 cm³/mol. The van der Waals surface area contributed by atoms with Gasteiger partial charge in [0.1, 0.15) is 11.4 Å². The number of nitrogens with zero attached hydrogens (tertiary/aromatic N) is 2. The lowest BCUT2D eigenvalue weighted by molar-refractivity contribution is 0.0904. The van der Waals surface area contributed by atoms with E-state index in [9.17, 15) is 13.6 Å². The SMILES string of the molecule is COc1ccc(N2C(=O)c3ccc(Br)cc3NC23CCN(Cc2ccc(F)c(F)c2)CC3)cc1. The van der Waals surface area contributed by atoms with Gasteiger partial charge in [0.25, 0.3) is 5.91 Å². The molecule has 3 aromatic rings. The third-order valence-electron chi connectivity index (χ3n) is 6.61. The molecule has 1 fully saturated rings. The Hall–Kier alpha value is -2.97. The van der Waals surface area contributed by atoms with Crippen molar-refractivity contribution in [3.8, 4) is 5.75 Å². The van der Waals surface area contributed by atoms with Crippen molar-refractivity contribution in [1.82, 2.24) is 4.90 Å². The second-order valence-corrected chi connectivity index (χ2v) is 9.63. The maximum absolute atomic E-state index is 13.7. The first-order valence-electron chi connectivity index (χ1n) is 11.1. The van der Waals surface area contributed by atoms with E-state index in [1.54, 1.807) is 13.2 Å². The van der Waals surface area contributed by atoms with Gasteiger partial charge in [0.05, 0.1) is 12.7 Å². The van der Waals surface area contributed by atoms with Crippen LogP contribution in [-0.4, -0.2) is 36.7 Å². The lowest BCUT2D eigenvalue weighted by Gasteiger charge is -2.52. The van der Waals surface area contributed by atoms with Crippen LogP contribution in [0.25, 0.3) is 0 Å². The number of carbonyl (C=O) groups excluding carboxylic acids is 1. The monoisotopic (exact) mass is 527 g/mol. The number of fused-ring (bicyclic) bond motifs is 1. The van der Waals surface area contributed by atoms with E-state index in [1.807, 2.05) is 47.4 Å². The summed E-state index contributed by atoms with van der Waals surface area (Å²) in [6.07, 6.45) is 1.33. The van der Waals surface area contributed by atoms with Crippen LogP contribution in [0.15, 0.2) is 65.1 Å². The Bertz CT molecular complexity index is 1230. The largest absolute Gasteiger partial charge is 0.497 e. The summed E-state index contributed by atoms with van der Waals surface area (Å²) in [5, 5.41) is 3.67. The first-order valence-corrected chi connectivity index (χ1v) is 11.9. The van der Waals surface area contributed by atoms with Gasteiger partial charge in [-0.05, 0) is 60.2 Å². The molecule has 0 atom stereocenters. The number of benzene rings is 3. The van der Waals surface area contributed by atoms with E-state index < -0.39 is 17.3 Å². The summed E-state index contributed by atoms with van der Waals surface area (Å²) in [7, 11) is 1.61. The molecule has 8 heteroatoms. The van der Waals surface area contributed by atoms with Crippen LogP contribution < -0.4 is 15.0 Å². The normalized spacial score (nSPS) is 17.4. The minimum Gasteiger partial charge on any atom is -0.497 e. The summed E-state index contributed by atoms with van der Waals surface area (Å²) in [5.74, 6) is -1.01. The molecule has 5 rings (SSSR count). The van der Waals surface area contributed by atoms with Gasteiger partial charge in [-0.25, -0.2) is 8.78 Å². The number of methoxy groups -OCH3 is 1. The van der Waals surface area contributed by atoms with Gasteiger partial charge in [-0.3, -0.25) is 14.6 Å². The van der Waals surface area contributed by atoms with E-state index in [-0.39, 0.29) is 5.91 Å². The Labute approximate surface area is 205 Å². The number of hydrogen-bond acceptors (Lipinski definition) is 4. The molecule has 1 N–H and O–H groups in total. The molecule has 0 bridgehead atoms. The number of amides is 1. The van der Waals surface area contributed by atoms with Crippen LogP contribution in [0.3, 0.4) is 0 Å². The van der Waals surface area contributed by atoms with Crippen molar-refractivity contribution < 1.29 is 18.3 Å². The third-order valence-corrected chi connectivity index (χ3v) is 7.11. The Morgan fingerprint density at radius 2 is 1.74 bits per heavy atom. The first-order chi connectivity index (χ1) is 16.4. The zero-order valence-corrected chi connectivity index (χ0v) is 20.2. The van der Waals surface area contributed by atoms with Crippen molar-refractivity contribution in [2.45, 2.75) is 25.0 Å². The Morgan fingerprint density at radius 1 is 1.00 bits per heavy atom. The van der Waals surface area contributed by atoms with E-state index in [2.05, 4.69) is 26.1 Å². The number of piperidine rings is 1. The molecule has 0 saturated carbocycles. The molecule has 1 spiro atoms. The number of nitrogens with one attached hydrogen (secondary N) is 1. The van der Waals surface area contributed by atoms with Crippen LogP contribution in [0.4, 0.5) is 20.2 Å². The van der Waals surface area contributed by atoms with Crippen LogP contribution in [0.1, 0.15) is 28.8 Å². The lowest BCUT2D eigenvalue weighted by Crippen LogP contribution is -2.64. The van der Waals surface area contributed by atoms with E-state index in [0.29, 0.717) is 38.0 Å². The number of likely N-dealkylation sites (tertiary alicyclic amines) is 1. The van der Waals surface area contributed by atoms with Crippen molar-refractivity contribution in [2.75, 3.05) is 30.4 Å². The summed E-state index contributed by atoms with van der Waals surface area (Å²) in [6.45, 7) is 1.90. The highest BCUT2D eigenvalue weighted by Crippen LogP contribution is 2.42. The summed E-state index contributed by atoms with van der Waals surface area (Å²) in [5.41, 5.74) is 2.33. The zero-order chi connectivity index (χ0) is 23.9. The van der Waals surface area contributed by atoms with Gasteiger partial charge in [-0.15, -0.1) is 0 Å². The standard InChI is InChI=1S/C26H24BrF2N3O2/c1-34-20-6-4-19(5-7-20)32-25(33)21-8-3-18(27)15-24(21)30-26(32)10-12-31(13-11-26)16-17-2-9-22(28)23(29)14-17/h2-9,14-15,30H,10-13,16H2,1H3. The van der Waals surface area contributed by atoms with Crippen molar-refractivity contribution in [2.24, 2.45) is 0 Å². The highest BCUT2D eigenvalue weighted by atomic mass is 79.9.